The first kappa shape index (κ1) is 20.8. The minimum absolute atomic E-state index is 0.679. The van der Waals surface area contributed by atoms with Gasteiger partial charge in [-0.05, 0) is 41.8 Å². The van der Waals surface area contributed by atoms with Crippen molar-refractivity contribution in [2.24, 2.45) is 11.8 Å². The topological polar surface area (TPSA) is 0 Å². The number of rotatable bonds is 7. The van der Waals surface area contributed by atoms with Gasteiger partial charge < -0.3 is 0 Å². The maximum absolute atomic E-state index is 4.03. The van der Waals surface area contributed by atoms with E-state index in [4.69, 9.17) is 0 Å². The third-order valence-corrected chi connectivity index (χ3v) is 12.7. The van der Waals surface area contributed by atoms with E-state index < -0.39 is 8.07 Å². The van der Waals surface area contributed by atoms with Crippen molar-refractivity contribution in [3.8, 4) is 11.5 Å². The molecule has 0 aromatic carbocycles. The zero-order chi connectivity index (χ0) is 17.5. The van der Waals surface area contributed by atoms with E-state index in [2.05, 4.69) is 59.9 Å². The molecule has 0 aromatic heterocycles. The van der Waals surface area contributed by atoms with Crippen LogP contribution < -0.4 is 0 Å². The molecule has 134 valence electrons. The molecular formula is C22H42Si. The fourth-order valence-corrected chi connectivity index (χ4v) is 10.3. The summed E-state index contributed by atoms with van der Waals surface area (Å²) in [6.45, 7) is 16.9. The van der Waals surface area contributed by atoms with Crippen molar-refractivity contribution in [1.82, 2.24) is 0 Å². The van der Waals surface area contributed by atoms with Crippen LogP contribution >= 0.6 is 0 Å². The van der Waals surface area contributed by atoms with E-state index in [-0.39, 0.29) is 0 Å². The van der Waals surface area contributed by atoms with Gasteiger partial charge in [0.25, 0.3) is 0 Å². The zero-order valence-corrected chi connectivity index (χ0v) is 18.0. The highest BCUT2D eigenvalue weighted by atomic mass is 28.3. The summed E-state index contributed by atoms with van der Waals surface area (Å²) < 4.78 is 0. The molecule has 0 aromatic rings. The molecule has 0 aliphatic heterocycles. The Bertz CT molecular complexity index is 355. The van der Waals surface area contributed by atoms with Crippen LogP contribution in [0.3, 0.4) is 0 Å². The van der Waals surface area contributed by atoms with Crippen LogP contribution in [0.5, 0.6) is 0 Å². The first-order chi connectivity index (χ1) is 10.9. The van der Waals surface area contributed by atoms with Gasteiger partial charge in [-0.2, -0.15) is 0 Å². The third kappa shape index (κ3) is 5.38. The molecule has 0 N–H and O–H groups in total. The average molecular weight is 335 g/mol. The van der Waals surface area contributed by atoms with Gasteiger partial charge in [-0.3, -0.25) is 0 Å². The Labute approximate surface area is 148 Å². The molecule has 0 spiro atoms. The minimum atomic E-state index is -1.55. The summed E-state index contributed by atoms with van der Waals surface area (Å²) in [6, 6.07) is 0. The van der Waals surface area contributed by atoms with Gasteiger partial charge in [0, 0.05) is 5.92 Å². The molecule has 0 heterocycles. The highest BCUT2D eigenvalue weighted by molar-refractivity contribution is 6.90. The van der Waals surface area contributed by atoms with Crippen molar-refractivity contribution in [3.05, 3.63) is 0 Å². The minimum Gasteiger partial charge on any atom is -0.130 e. The molecule has 0 saturated heterocycles. The van der Waals surface area contributed by atoms with Crippen molar-refractivity contribution in [2.45, 2.75) is 116 Å². The fourth-order valence-electron chi connectivity index (χ4n) is 5.04. The smallest absolute Gasteiger partial charge is 0.130 e. The molecule has 1 fully saturated rings. The molecule has 0 bridgehead atoms. The second kappa shape index (κ2) is 9.92. The Morgan fingerprint density at radius 2 is 1.39 bits per heavy atom. The van der Waals surface area contributed by atoms with E-state index in [9.17, 15) is 0 Å². The van der Waals surface area contributed by atoms with Crippen LogP contribution in [0.15, 0.2) is 0 Å². The van der Waals surface area contributed by atoms with Crippen molar-refractivity contribution in [3.63, 3.8) is 0 Å². The van der Waals surface area contributed by atoms with E-state index in [0.717, 1.165) is 22.5 Å². The molecule has 0 amide bonds. The van der Waals surface area contributed by atoms with E-state index in [1.54, 1.807) is 0 Å². The fraction of sp³-hybridized carbons (Fsp3) is 0.909. The molecule has 1 rings (SSSR count). The van der Waals surface area contributed by atoms with Crippen LogP contribution in [0.25, 0.3) is 0 Å². The van der Waals surface area contributed by atoms with E-state index in [1.807, 2.05) is 0 Å². The second-order valence-corrected chi connectivity index (χ2v) is 14.4. The Balaban J connectivity index is 3.05. The highest BCUT2D eigenvalue weighted by Gasteiger charge is 2.41. The van der Waals surface area contributed by atoms with E-state index in [0.29, 0.717) is 5.92 Å². The van der Waals surface area contributed by atoms with Crippen LogP contribution in [-0.2, 0) is 0 Å². The molecule has 0 nitrogen and oxygen atoms in total. The van der Waals surface area contributed by atoms with Gasteiger partial charge in [-0.1, -0.05) is 80.6 Å². The standard InChI is InChI=1S/C22H42Si/c1-8-9-13-22(21-14-11-10-12-15-21)16-17-23(18(2)3,19(4)5)20(6)7/h18-22H,8-15H2,1-7H3. The summed E-state index contributed by atoms with van der Waals surface area (Å²) in [4.78, 5) is 0. The molecule has 1 saturated carbocycles. The van der Waals surface area contributed by atoms with Gasteiger partial charge >= 0.3 is 0 Å². The van der Waals surface area contributed by atoms with Crippen molar-refractivity contribution in [1.29, 1.82) is 0 Å². The molecule has 0 radical (unpaired) electrons. The molecule has 1 aliphatic rings. The van der Waals surface area contributed by atoms with Crippen molar-refractivity contribution < 1.29 is 0 Å². The van der Waals surface area contributed by atoms with Crippen molar-refractivity contribution >= 4 is 8.07 Å². The molecule has 1 atom stereocenters. The monoisotopic (exact) mass is 334 g/mol. The first-order valence-corrected chi connectivity index (χ1v) is 12.6. The van der Waals surface area contributed by atoms with Crippen molar-refractivity contribution in [2.75, 3.05) is 0 Å². The van der Waals surface area contributed by atoms with Gasteiger partial charge in [0.1, 0.15) is 8.07 Å². The highest BCUT2D eigenvalue weighted by Crippen LogP contribution is 2.41. The summed E-state index contributed by atoms with van der Waals surface area (Å²) in [5, 5.41) is 0. The number of unbranched alkanes of at least 4 members (excludes halogenated alkanes) is 1. The quantitative estimate of drug-likeness (QED) is 0.332. The van der Waals surface area contributed by atoms with E-state index in [1.165, 1.54) is 51.4 Å². The van der Waals surface area contributed by atoms with Crippen LogP contribution in [0.4, 0.5) is 0 Å². The van der Waals surface area contributed by atoms with Gasteiger partial charge in [-0.25, -0.2) is 0 Å². The summed E-state index contributed by atoms with van der Waals surface area (Å²) in [7, 11) is -1.55. The lowest BCUT2D eigenvalue weighted by Gasteiger charge is -2.38. The summed E-state index contributed by atoms with van der Waals surface area (Å²) >= 11 is 0. The van der Waals surface area contributed by atoms with Crippen LogP contribution in [0.1, 0.15) is 99.8 Å². The van der Waals surface area contributed by atoms with Gasteiger partial charge in [0.15, 0.2) is 0 Å². The predicted molar refractivity (Wildman–Crippen MR) is 108 cm³/mol. The van der Waals surface area contributed by atoms with E-state index >= 15 is 0 Å². The van der Waals surface area contributed by atoms with Crippen LogP contribution in [0.2, 0.25) is 16.6 Å². The molecular weight excluding hydrogens is 292 g/mol. The molecule has 1 heteroatoms. The Hall–Kier alpha value is -0.223. The van der Waals surface area contributed by atoms with Gasteiger partial charge in [0.05, 0.1) is 0 Å². The SMILES string of the molecule is CCCCC(C#C[Si](C(C)C)(C(C)C)C(C)C)C1CCCCC1. The normalized spacial score (nSPS) is 18.3. The van der Waals surface area contributed by atoms with Crippen LogP contribution in [0, 0.1) is 23.3 Å². The van der Waals surface area contributed by atoms with Crippen LogP contribution in [-0.4, -0.2) is 8.07 Å². The number of hydrogen-bond donors (Lipinski definition) is 0. The largest absolute Gasteiger partial charge is 0.145 e. The Morgan fingerprint density at radius 3 is 1.83 bits per heavy atom. The zero-order valence-electron chi connectivity index (χ0n) is 17.0. The number of hydrogen-bond acceptors (Lipinski definition) is 0. The first-order valence-electron chi connectivity index (χ1n) is 10.4. The molecule has 1 unspecified atom stereocenters. The predicted octanol–water partition coefficient (Wildman–Crippen LogP) is 7.59. The molecule has 1 aliphatic carbocycles. The summed E-state index contributed by atoms with van der Waals surface area (Å²) in [6.07, 6.45) is 11.2. The summed E-state index contributed by atoms with van der Waals surface area (Å²) in [5.74, 6) is 5.49. The average Bonchev–Trinajstić information content (AvgIpc) is 2.50. The Kier molecular flexibility index (Phi) is 8.98. The van der Waals surface area contributed by atoms with Gasteiger partial charge in [0.2, 0.25) is 0 Å². The second-order valence-electron chi connectivity index (χ2n) is 8.81. The molecule has 23 heavy (non-hydrogen) atoms. The Morgan fingerprint density at radius 1 is 0.870 bits per heavy atom. The maximum atomic E-state index is 4.03. The lowest BCUT2D eigenvalue weighted by molar-refractivity contribution is 0.279. The van der Waals surface area contributed by atoms with Gasteiger partial charge in [-0.15, -0.1) is 11.5 Å². The maximum Gasteiger partial charge on any atom is 0.145 e. The summed E-state index contributed by atoms with van der Waals surface area (Å²) in [5.41, 5.74) is 6.30. The third-order valence-electron chi connectivity index (χ3n) is 6.43. The lowest BCUT2D eigenvalue weighted by Crippen LogP contribution is -2.43. The lowest BCUT2D eigenvalue weighted by atomic mass is 9.78.